The van der Waals surface area contributed by atoms with Gasteiger partial charge in [0.15, 0.2) is 0 Å². The molecular formula is C31H27Cl3N2O4. The highest BCUT2D eigenvalue weighted by Crippen LogP contribution is 2.69. The maximum absolute atomic E-state index is 13.8. The predicted octanol–water partition coefficient (Wildman–Crippen LogP) is 6.44. The Hall–Kier alpha value is -3.06. The summed E-state index contributed by atoms with van der Waals surface area (Å²) in [6.45, 7) is 0.251. The Labute approximate surface area is 247 Å². The summed E-state index contributed by atoms with van der Waals surface area (Å²) in [4.78, 5) is 39.2. The Kier molecular flexibility index (Phi) is 6.84. The molecule has 4 aliphatic rings. The van der Waals surface area contributed by atoms with Crippen LogP contribution in [0.5, 0.6) is 5.75 Å². The number of carbonyl (C=O) groups excluding carboxylic acids is 3. The van der Waals surface area contributed by atoms with Crippen LogP contribution in [0.2, 0.25) is 5.02 Å². The van der Waals surface area contributed by atoms with Crippen LogP contribution < -0.4 is 10.1 Å². The second kappa shape index (κ2) is 10.1. The molecule has 0 spiro atoms. The maximum Gasteiger partial charge on any atom is 0.235 e. The van der Waals surface area contributed by atoms with E-state index < -0.39 is 21.6 Å². The molecule has 3 aromatic rings. The molecule has 6 nitrogen and oxygen atoms in total. The number of likely N-dealkylation sites (tertiary alicyclic amines) is 1. The van der Waals surface area contributed by atoms with Crippen molar-refractivity contribution in [2.24, 2.45) is 11.8 Å². The number of methoxy groups -OCH3 is 1. The van der Waals surface area contributed by atoms with E-state index in [1.54, 1.807) is 18.2 Å². The van der Waals surface area contributed by atoms with Crippen molar-refractivity contribution in [3.63, 3.8) is 0 Å². The first-order valence-corrected chi connectivity index (χ1v) is 14.4. The number of imide groups is 1. The lowest BCUT2D eigenvalue weighted by atomic mass is 9.54. The molecule has 40 heavy (non-hydrogen) atoms. The number of alkyl halides is 2. The lowest BCUT2D eigenvalue weighted by molar-refractivity contribution is -0.140. The minimum atomic E-state index is -1.17. The smallest absolute Gasteiger partial charge is 0.235 e. The minimum absolute atomic E-state index is 0.167. The topological polar surface area (TPSA) is 75.7 Å². The van der Waals surface area contributed by atoms with E-state index >= 15 is 0 Å². The minimum Gasteiger partial charge on any atom is -0.495 e. The molecule has 2 bridgehead atoms. The Morgan fingerprint density at radius 2 is 1.38 bits per heavy atom. The lowest BCUT2D eigenvalue weighted by Gasteiger charge is -2.54. The van der Waals surface area contributed by atoms with E-state index in [4.69, 9.17) is 39.5 Å². The van der Waals surface area contributed by atoms with Gasteiger partial charge in [-0.3, -0.25) is 19.3 Å². The number of hydrogen-bond acceptors (Lipinski definition) is 4. The maximum atomic E-state index is 13.8. The van der Waals surface area contributed by atoms with Crippen molar-refractivity contribution >= 4 is 58.2 Å². The standard InChI is InChI=1S/C31H27Cl3N2O4/c1-40-24-15-14-18(32)17-23(24)35-25(37)13-3-2-8-16-36-28(38)26-27(29(36)39)31(34)20-10-5-4-9-19(20)30(26,33)21-11-6-7-12-22(21)31/h4-7,9-12,14-15,17,26-27H,2-3,8,13,16H2,1H3,(H,35,37)/t26-,27-,30?,31?/m1/s1. The number of nitrogens with zero attached hydrogens (tertiary/aromatic N) is 1. The summed E-state index contributed by atoms with van der Waals surface area (Å²) < 4.78 is 5.27. The van der Waals surface area contributed by atoms with Gasteiger partial charge in [-0.15, -0.1) is 23.2 Å². The van der Waals surface area contributed by atoms with Crippen molar-refractivity contribution in [1.29, 1.82) is 0 Å². The Balaban J connectivity index is 1.15. The van der Waals surface area contributed by atoms with Crippen LogP contribution in [0, 0.1) is 11.8 Å². The molecule has 3 amide bonds. The Morgan fingerprint density at radius 1 is 0.850 bits per heavy atom. The second-order valence-electron chi connectivity index (χ2n) is 10.5. The summed E-state index contributed by atoms with van der Waals surface area (Å²) >= 11 is 20.9. The lowest BCUT2D eigenvalue weighted by Crippen LogP contribution is -2.57. The molecule has 1 aliphatic heterocycles. The van der Waals surface area contributed by atoms with Gasteiger partial charge in [0.2, 0.25) is 17.7 Å². The second-order valence-corrected chi connectivity index (χ2v) is 12.1. The third-order valence-corrected chi connectivity index (χ3v) is 9.92. The molecule has 1 saturated heterocycles. The molecule has 7 rings (SSSR count). The zero-order valence-electron chi connectivity index (χ0n) is 21.8. The van der Waals surface area contributed by atoms with Crippen LogP contribution in [0.4, 0.5) is 5.69 Å². The average Bonchev–Trinajstić information content (AvgIpc) is 3.22. The van der Waals surface area contributed by atoms with E-state index in [2.05, 4.69) is 5.32 Å². The molecule has 0 saturated carbocycles. The highest BCUT2D eigenvalue weighted by Gasteiger charge is 2.72. The normalized spacial score (nSPS) is 25.9. The van der Waals surface area contributed by atoms with Crippen LogP contribution in [0.25, 0.3) is 0 Å². The highest BCUT2D eigenvalue weighted by atomic mass is 35.5. The number of carbonyl (C=O) groups is 3. The van der Waals surface area contributed by atoms with Gasteiger partial charge in [-0.25, -0.2) is 0 Å². The first-order chi connectivity index (χ1) is 19.2. The van der Waals surface area contributed by atoms with Crippen molar-refractivity contribution in [3.05, 3.63) is 94.0 Å². The zero-order chi connectivity index (χ0) is 28.2. The molecule has 1 fully saturated rings. The van der Waals surface area contributed by atoms with Crippen molar-refractivity contribution < 1.29 is 19.1 Å². The molecule has 0 aromatic heterocycles. The van der Waals surface area contributed by atoms with Gasteiger partial charge < -0.3 is 10.1 Å². The third-order valence-electron chi connectivity index (χ3n) is 8.40. The molecule has 3 aromatic carbocycles. The van der Waals surface area contributed by atoms with Crippen LogP contribution in [-0.2, 0) is 24.1 Å². The molecule has 1 heterocycles. The van der Waals surface area contributed by atoms with Gasteiger partial charge in [0, 0.05) is 18.0 Å². The zero-order valence-corrected chi connectivity index (χ0v) is 24.0. The third kappa shape index (κ3) is 3.87. The number of ether oxygens (including phenoxy) is 1. The van der Waals surface area contributed by atoms with E-state index in [0.717, 1.165) is 22.3 Å². The van der Waals surface area contributed by atoms with E-state index in [1.165, 1.54) is 12.0 Å². The van der Waals surface area contributed by atoms with Gasteiger partial charge in [0.25, 0.3) is 0 Å². The first-order valence-electron chi connectivity index (χ1n) is 13.3. The summed E-state index contributed by atoms with van der Waals surface area (Å²) in [5, 5.41) is 3.32. The number of rotatable bonds is 8. The summed E-state index contributed by atoms with van der Waals surface area (Å²) in [5.74, 6) is -1.79. The molecule has 1 N–H and O–H groups in total. The molecule has 206 valence electrons. The van der Waals surface area contributed by atoms with Crippen molar-refractivity contribution in [1.82, 2.24) is 4.90 Å². The first kappa shape index (κ1) is 27.1. The molecule has 9 heteroatoms. The fourth-order valence-corrected chi connectivity index (χ4v) is 7.94. The highest BCUT2D eigenvalue weighted by molar-refractivity contribution is 6.36. The molecule has 0 radical (unpaired) electrons. The summed E-state index contributed by atoms with van der Waals surface area (Å²) in [6, 6.07) is 20.2. The van der Waals surface area contributed by atoms with Crippen LogP contribution in [0.3, 0.4) is 0 Å². The summed E-state index contributed by atoms with van der Waals surface area (Å²) in [6.07, 6.45) is 2.09. The Morgan fingerprint density at radius 3 is 1.88 bits per heavy atom. The number of amides is 3. The number of unbranched alkanes of at least 4 members (excludes halogenated alkanes) is 2. The van der Waals surface area contributed by atoms with Crippen molar-refractivity contribution in [3.8, 4) is 5.75 Å². The quantitative estimate of drug-likeness (QED) is 0.184. The number of halogens is 3. The molecular weight excluding hydrogens is 571 g/mol. The van der Waals surface area contributed by atoms with Gasteiger partial charge in [0.1, 0.15) is 15.5 Å². The van der Waals surface area contributed by atoms with Gasteiger partial charge in [-0.05, 0) is 53.3 Å². The number of nitrogens with one attached hydrogen (secondary N) is 1. The number of anilines is 1. The van der Waals surface area contributed by atoms with Gasteiger partial charge in [0.05, 0.1) is 24.6 Å². The summed E-state index contributed by atoms with van der Waals surface area (Å²) in [7, 11) is 1.52. The number of hydrogen-bond donors (Lipinski definition) is 1. The van der Waals surface area contributed by atoms with Crippen LogP contribution in [0.1, 0.15) is 47.9 Å². The van der Waals surface area contributed by atoms with E-state index in [-0.39, 0.29) is 30.7 Å². The fourth-order valence-electron chi connectivity index (χ4n) is 6.67. The SMILES string of the molecule is COc1ccc(Cl)cc1NC(=O)CCCCCN1C(=O)[C@H]2[C@H](C1=O)C1(Cl)c3ccccc3C2(Cl)c2ccccc21. The van der Waals surface area contributed by atoms with Gasteiger partial charge >= 0.3 is 0 Å². The van der Waals surface area contributed by atoms with E-state index in [9.17, 15) is 14.4 Å². The van der Waals surface area contributed by atoms with E-state index in [1.807, 2.05) is 48.5 Å². The van der Waals surface area contributed by atoms with Crippen LogP contribution >= 0.6 is 34.8 Å². The Bertz CT molecular complexity index is 1420. The van der Waals surface area contributed by atoms with Crippen LogP contribution in [-0.4, -0.2) is 36.3 Å². The largest absolute Gasteiger partial charge is 0.495 e. The monoisotopic (exact) mass is 596 g/mol. The summed E-state index contributed by atoms with van der Waals surface area (Å²) in [5.41, 5.74) is 3.67. The molecule has 2 atom stereocenters. The van der Waals surface area contributed by atoms with Crippen molar-refractivity contribution in [2.45, 2.75) is 35.4 Å². The van der Waals surface area contributed by atoms with Gasteiger partial charge in [-0.2, -0.15) is 0 Å². The number of benzene rings is 3. The average molecular weight is 598 g/mol. The van der Waals surface area contributed by atoms with E-state index in [0.29, 0.717) is 35.7 Å². The fraction of sp³-hybridized carbons (Fsp3) is 0.323. The van der Waals surface area contributed by atoms with Gasteiger partial charge in [-0.1, -0.05) is 66.6 Å². The molecule has 3 aliphatic carbocycles. The van der Waals surface area contributed by atoms with Crippen molar-refractivity contribution in [2.75, 3.05) is 19.0 Å². The predicted molar refractivity (Wildman–Crippen MR) is 155 cm³/mol. The van der Waals surface area contributed by atoms with Crippen LogP contribution in [0.15, 0.2) is 66.7 Å². The molecule has 0 unspecified atom stereocenters.